The zero-order valence-corrected chi connectivity index (χ0v) is 11.9. The minimum absolute atomic E-state index is 0.820. The molecule has 0 spiro atoms. The Bertz CT molecular complexity index is 756. The lowest BCUT2D eigenvalue weighted by Crippen LogP contribution is -2.06. The van der Waals surface area contributed by atoms with E-state index in [2.05, 4.69) is 42.7 Å². The SMILES string of the molecule is CCc1nc2ccccc2n1Cc1cccc(N)c1C. The predicted molar refractivity (Wildman–Crippen MR) is 83.8 cm³/mol. The molecular weight excluding hydrogens is 246 g/mol. The Balaban J connectivity index is 2.12. The van der Waals surface area contributed by atoms with E-state index in [0.29, 0.717) is 0 Å². The van der Waals surface area contributed by atoms with Crippen LogP contribution in [0.3, 0.4) is 0 Å². The quantitative estimate of drug-likeness (QED) is 0.736. The summed E-state index contributed by atoms with van der Waals surface area (Å²) in [4.78, 5) is 4.71. The zero-order chi connectivity index (χ0) is 14.1. The number of nitrogens with two attached hydrogens (primary N) is 1. The average molecular weight is 265 g/mol. The molecule has 3 aromatic rings. The van der Waals surface area contributed by atoms with Crippen molar-refractivity contribution in [2.45, 2.75) is 26.8 Å². The van der Waals surface area contributed by atoms with E-state index in [1.165, 1.54) is 11.1 Å². The lowest BCUT2D eigenvalue weighted by Gasteiger charge is -2.12. The second-order valence-electron chi connectivity index (χ2n) is 5.09. The molecular formula is C17H19N3. The molecule has 0 atom stereocenters. The van der Waals surface area contributed by atoms with Gasteiger partial charge in [0.25, 0.3) is 0 Å². The van der Waals surface area contributed by atoms with Gasteiger partial charge in [0.1, 0.15) is 5.82 Å². The number of aromatic nitrogens is 2. The fourth-order valence-corrected chi connectivity index (χ4v) is 2.62. The molecule has 0 bridgehead atoms. The van der Waals surface area contributed by atoms with Crippen LogP contribution in [-0.4, -0.2) is 9.55 Å². The van der Waals surface area contributed by atoms with Gasteiger partial charge in [-0.3, -0.25) is 0 Å². The van der Waals surface area contributed by atoms with E-state index < -0.39 is 0 Å². The normalized spacial score (nSPS) is 11.1. The molecule has 2 aromatic carbocycles. The molecule has 0 aliphatic carbocycles. The first-order valence-electron chi connectivity index (χ1n) is 6.98. The third-order valence-corrected chi connectivity index (χ3v) is 3.87. The molecule has 3 heteroatoms. The molecule has 0 fully saturated rings. The van der Waals surface area contributed by atoms with Crippen molar-refractivity contribution >= 4 is 16.7 Å². The van der Waals surface area contributed by atoms with Crippen molar-refractivity contribution in [2.24, 2.45) is 0 Å². The second kappa shape index (κ2) is 5.00. The zero-order valence-electron chi connectivity index (χ0n) is 11.9. The lowest BCUT2D eigenvalue weighted by molar-refractivity contribution is 0.750. The number of imidazole rings is 1. The van der Waals surface area contributed by atoms with Crippen molar-refractivity contribution in [3.63, 3.8) is 0 Å². The summed E-state index contributed by atoms with van der Waals surface area (Å²) in [5, 5.41) is 0. The minimum Gasteiger partial charge on any atom is -0.399 e. The Morgan fingerprint density at radius 1 is 1.10 bits per heavy atom. The highest BCUT2D eigenvalue weighted by atomic mass is 15.1. The summed E-state index contributed by atoms with van der Waals surface area (Å²) in [7, 11) is 0. The van der Waals surface area contributed by atoms with E-state index in [-0.39, 0.29) is 0 Å². The second-order valence-corrected chi connectivity index (χ2v) is 5.09. The smallest absolute Gasteiger partial charge is 0.109 e. The summed E-state index contributed by atoms with van der Waals surface area (Å²) < 4.78 is 2.29. The number of aryl methyl sites for hydroxylation is 1. The van der Waals surface area contributed by atoms with Gasteiger partial charge >= 0.3 is 0 Å². The number of anilines is 1. The van der Waals surface area contributed by atoms with Crippen LogP contribution in [0.4, 0.5) is 5.69 Å². The van der Waals surface area contributed by atoms with E-state index in [1.54, 1.807) is 0 Å². The van der Waals surface area contributed by atoms with Gasteiger partial charge < -0.3 is 10.3 Å². The Morgan fingerprint density at radius 2 is 1.90 bits per heavy atom. The van der Waals surface area contributed by atoms with Gasteiger partial charge in [-0.05, 0) is 36.2 Å². The first-order chi connectivity index (χ1) is 9.70. The molecule has 0 aliphatic heterocycles. The maximum absolute atomic E-state index is 6.01. The van der Waals surface area contributed by atoms with E-state index in [4.69, 9.17) is 10.7 Å². The molecule has 20 heavy (non-hydrogen) atoms. The van der Waals surface area contributed by atoms with Crippen LogP contribution in [0.25, 0.3) is 11.0 Å². The van der Waals surface area contributed by atoms with Gasteiger partial charge in [0.2, 0.25) is 0 Å². The van der Waals surface area contributed by atoms with E-state index in [0.717, 1.165) is 35.6 Å². The van der Waals surface area contributed by atoms with Crippen LogP contribution in [0.2, 0.25) is 0 Å². The van der Waals surface area contributed by atoms with Crippen molar-refractivity contribution in [2.75, 3.05) is 5.73 Å². The summed E-state index contributed by atoms with van der Waals surface area (Å²) in [6.45, 7) is 5.04. The first-order valence-corrected chi connectivity index (χ1v) is 6.98. The number of rotatable bonds is 3. The molecule has 0 aliphatic rings. The molecule has 0 saturated carbocycles. The van der Waals surface area contributed by atoms with E-state index >= 15 is 0 Å². The highest BCUT2D eigenvalue weighted by molar-refractivity contribution is 5.76. The van der Waals surface area contributed by atoms with Crippen LogP contribution in [-0.2, 0) is 13.0 Å². The minimum atomic E-state index is 0.820. The van der Waals surface area contributed by atoms with Gasteiger partial charge in [-0.1, -0.05) is 31.2 Å². The first kappa shape index (κ1) is 12.7. The number of fused-ring (bicyclic) bond motifs is 1. The Labute approximate surface area is 119 Å². The van der Waals surface area contributed by atoms with E-state index in [9.17, 15) is 0 Å². The maximum Gasteiger partial charge on any atom is 0.109 e. The van der Waals surface area contributed by atoms with Crippen molar-refractivity contribution in [3.05, 3.63) is 59.4 Å². The number of hydrogen-bond acceptors (Lipinski definition) is 2. The fourth-order valence-electron chi connectivity index (χ4n) is 2.62. The van der Waals surface area contributed by atoms with Crippen LogP contribution < -0.4 is 5.73 Å². The van der Waals surface area contributed by atoms with Crippen molar-refractivity contribution in [1.29, 1.82) is 0 Å². The summed E-state index contributed by atoms with van der Waals surface area (Å²) in [6, 6.07) is 14.4. The van der Waals surface area contributed by atoms with Gasteiger partial charge in [0.05, 0.1) is 11.0 Å². The van der Waals surface area contributed by atoms with Crippen molar-refractivity contribution in [3.8, 4) is 0 Å². The molecule has 0 saturated heterocycles. The largest absolute Gasteiger partial charge is 0.399 e. The van der Waals surface area contributed by atoms with Gasteiger partial charge in [-0.15, -0.1) is 0 Å². The number of para-hydroxylation sites is 2. The summed E-state index contributed by atoms with van der Waals surface area (Å²) in [5.74, 6) is 1.12. The van der Waals surface area contributed by atoms with Gasteiger partial charge in [0.15, 0.2) is 0 Å². The maximum atomic E-state index is 6.01. The number of hydrogen-bond donors (Lipinski definition) is 1. The van der Waals surface area contributed by atoms with Gasteiger partial charge in [-0.2, -0.15) is 0 Å². The fraction of sp³-hybridized carbons (Fsp3) is 0.235. The molecule has 0 amide bonds. The molecule has 3 rings (SSSR count). The van der Waals surface area contributed by atoms with Crippen molar-refractivity contribution in [1.82, 2.24) is 9.55 Å². The van der Waals surface area contributed by atoms with Gasteiger partial charge in [-0.25, -0.2) is 4.98 Å². The molecule has 1 heterocycles. The third-order valence-electron chi connectivity index (χ3n) is 3.87. The highest BCUT2D eigenvalue weighted by Crippen LogP contribution is 2.21. The molecule has 102 valence electrons. The lowest BCUT2D eigenvalue weighted by atomic mass is 10.1. The standard InChI is InChI=1S/C17H19N3/c1-3-17-19-15-9-4-5-10-16(15)20(17)11-13-7-6-8-14(18)12(13)2/h4-10H,3,11,18H2,1-2H3. The Kier molecular flexibility index (Phi) is 3.18. The topological polar surface area (TPSA) is 43.8 Å². The monoisotopic (exact) mass is 265 g/mol. The van der Waals surface area contributed by atoms with Crippen LogP contribution in [0.1, 0.15) is 23.9 Å². The van der Waals surface area contributed by atoms with E-state index in [1.807, 2.05) is 18.2 Å². The summed E-state index contributed by atoms with van der Waals surface area (Å²) in [5.41, 5.74) is 11.5. The van der Waals surface area contributed by atoms with Crippen LogP contribution >= 0.6 is 0 Å². The summed E-state index contributed by atoms with van der Waals surface area (Å²) in [6.07, 6.45) is 0.927. The molecule has 1 aromatic heterocycles. The molecule has 0 unspecified atom stereocenters. The Hall–Kier alpha value is -2.29. The molecule has 0 radical (unpaired) electrons. The number of benzene rings is 2. The molecule has 3 nitrogen and oxygen atoms in total. The number of nitrogen functional groups attached to an aromatic ring is 1. The Morgan fingerprint density at radius 3 is 2.70 bits per heavy atom. The molecule has 2 N–H and O–H groups in total. The van der Waals surface area contributed by atoms with Crippen LogP contribution in [0, 0.1) is 6.92 Å². The highest BCUT2D eigenvalue weighted by Gasteiger charge is 2.10. The third kappa shape index (κ3) is 2.05. The van der Waals surface area contributed by atoms with Crippen LogP contribution in [0.15, 0.2) is 42.5 Å². The number of nitrogens with zero attached hydrogens (tertiary/aromatic N) is 2. The van der Waals surface area contributed by atoms with Crippen LogP contribution in [0.5, 0.6) is 0 Å². The van der Waals surface area contributed by atoms with Crippen molar-refractivity contribution < 1.29 is 0 Å². The average Bonchev–Trinajstić information content (AvgIpc) is 2.82. The summed E-state index contributed by atoms with van der Waals surface area (Å²) >= 11 is 0. The van der Waals surface area contributed by atoms with Gasteiger partial charge in [0, 0.05) is 18.7 Å². The predicted octanol–water partition coefficient (Wildman–Crippen LogP) is 3.54.